The molecule has 3 rings (SSSR count). The lowest BCUT2D eigenvalue weighted by molar-refractivity contribution is 0.0999. The van der Waals surface area contributed by atoms with Crippen LogP contribution in [0.4, 0.5) is 5.88 Å². The summed E-state index contributed by atoms with van der Waals surface area (Å²) in [7, 11) is 1.74. The number of hydrogen-bond acceptors (Lipinski definition) is 4. The van der Waals surface area contributed by atoms with E-state index >= 15 is 0 Å². The maximum absolute atomic E-state index is 12.3. The van der Waals surface area contributed by atoms with Crippen LogP contribution >= 0.6 is 0 Å². The van der Waals surface area contributed by atoms with Crippen molar-refractivity contribution in [3.8, 4) is 0 Å². The van der Waals surface area contributed by atoms with E-state index < -0.39 is 0 Å². The number of hydrogen-bond donors (Lipinski definition) is 0. The molecule has 0 spiro atoms. The van der Waals surface area contributed by atoms with E-state index in [4.69, 9.17) is 4.42 Å². The lowest BCUT2D eigenvalue weighted by atomic mass is 10.1. The first-order chi connectivity index (χ1) is 11.0. The summed E-state index contributed by atoms with van der Waals surface area (Å²) in [6.45, 7) is 2.07. The molecule has 0 bridgehead atoms. The molecule has 0 aliphatic rings. The standard InChI is InChI=1S/C19H17NO3/c1-13-8-9-18-15(10-13)16(21)11-19(23-18)20(2)12-17(22)14-6-4-3-5-7-14/h3-11H,12H2,1-2H3. The van der Waals surface area contributed by atoms with Crippen LogP contribution in [0.25, 0.3) is 11.0 Å². The number of likely N-dealkylation sites (N-methyl/N-ethyl adjacent to an activating group) is 1. The number of fused-ring (bicyclic) bond motifs is 1. The Balaban J connectivity index is 1.89. The normalized spacial score (nSPS) is 10.7. The fourth-order valence-electron chi connectivity index (χ4n) is 2.45. The molecule has 0 amide bonds. The monoisotopic (exact) mass is 307 g/mol. The minimum atomic E-state index is -0.107. The number of aryl methyl sites for hydroxylation is 1. The molecule has 0 unspecified atom stereocenters. The zero-order chi connectivity index (χ0) is 16.4. The Labute approximate surface area is 134 Å². The second-order valence-electron chi connectivity index (χ2n) is 5.59. The van der Waals surface area contributed by atoms with Crippen molar-refractivity contribution in [3.63, 3.8) is 0 Å². The first kappa shape index (κ1) is 15.0. The molecule has 4 nitrogen and oxygen atoms in total. The summed E-state index contributed by atoms with van der Waals surface area (Å²) in [5, 5.41) is 0.552. The highest BCUT2D eigenvalue weighted by atomic mass is 16.4. The Morgan fingerprint density at radius 3 is 2.57 bits per heavy atom. The van der Waals surface area contributed by atoms with E-state index in [1.807, 2.05) is 31.2 Å². The van der Waals surface area contributed by atoms with Gasteiger partial charge in [-0.1, -0.05) is 42.0 Å². The summed E-state index contributed by atoms with van der Waals surface area (Å²) >= 11 is 0. The molecular weight excluding hydrogens is 290 g/mol. The lowest BCUT2D eigenvalue weighted by Crippen LogP contribution is -2.26. The van der Waals surface area contributed by atoms with Gasteiger partial charge in [0, 0.05) is 18.7 Å². The minimum Gasteiger partial charge on any atom is -0.440 e. The molecule has 0 fully saturated rings. The molecule has 3 aromatic rings. The largest absolute Gasteiger partial charge is 0.440 e. The summed E-state index contributed by atoms with van der Waals surface area (Å²) in [4.78, 5) is 26.1. The predicted octanol–water partition coefficient (Wildman–Crippen LogP) is 3.42. The van der Waals surface area contributed by atoms with Gasteiger partial charge in [-0.3, -0.25) is 9.59 Å². The fraction of sp³-hybridized carbons (Fsp3) is 0.158. The van der Waals surface area contributed by atoms with Crippen LogP contribution in [0.2, 0.25) is 0 Å². The van der Waals surface area contributed by atoms with Crippen molar-refractivity contribution in [2.45, 2.75) is 6.92 Å². The molecule has 0 saturated carbocycles. The van der Waals surface area contributed by atoms with Crippen molar-refractivity contribution in [3.05, 3.63) is 75.9 Å². The molecule has 2 aromatic carbocycles. The van der Waals surface area contributed by atoms with Gasteiger partial charge in [-0.05, 0) is 19.1 Å². The number of carbonyl (C=O) groups is 1. The van der Waals surface area contributed by atoms with Crippen molar-refractivity contribution in [2.75, 3.05) is 18.5 Å². The van der Waals surface area contributed by atoms with Crippen LogP contribution in [-0.4, -0.2) is 19.4 Å². The predicted molar refractivity (Wildman–Crippen MR) is 91.3 cm³/mol. The molecule has 1 heterocycles. The van der Waals surface area contributed by atoms with Crippen molar-refractivity contribution in [2.24, 2.45) is 0 Å². The van der Waals surface area contributed by atoms with E-state index in [0.29, 0.717) is 22.4 Å². The maximum atomic E-state index is 12.3. The molecule has 0 radical (unpaired) electrons. The van der Waals surface area contributed by atoms with Gasteiger partial charge in [-0.25, -0.2) is 0 Å². The van der Waals surface area contributed by atoms with Crippen LogP contribution in [0.3, 0.4) is 0 Å². The summed E-state index contributed by atoms with van der Waals surface area (Å²) in [6, 6.07) is 16.0. The second-order valence-corrected chi connectivity index (χ2v) is 5.59. The number of Topliss-reactive ketones (excluding diaryl/α,β-unsaturated/α-hetero) is 1. The Kier molecular flexibility index (Phi) is 3.98. The van der Waals surface area contributed by atoms with E-state index in [2.05, 4.69) is 0 Å². The third-order valence-electron chi connectivity index (χ3n) is 3.72. The molecule has 23 heavy (non-hydrogen) atoms. The van der Waals surface area contributed by atoms with Crippen LogP contribution in [0, 0.1) is 6.92 Å². The van der Waals surface area contributed by atoms with Gasteiger partial charge in [-0.15, -0.1) is 0 Å². The first-order valence-corrected chi connectivity index (χ1v) is 7.38. The maximum Gasteiger partial charge on any atom is 0.200 e. The Morgan fingerprint density at radius 2 is 1.83 bits per heavy atom. The van der Waals surface area contributed by atoms with E-state index in [1.54, 1.807) is 36.2 Å². The molecular formula is C19H17NO3. The van der Waals surface area contributed by atoms with Crippen LogP contribution in [0.15, 0.2) is 63.8 Å². The van der Waals surface area contributed by atoms with Gasteiger partial charge in [-0.2, -0.15) is 0 Å². The highest BCUT2D eigenvalue weighted by Crippen LogP contribution is 2.19. The van der Waals surface area contributed by atoms with Gasteiger partial charge >= 0.3 is 0 Å². The van der Waals surface area contributed by atoms with E-state index in [9.17, 15) is 9.59 Å². The zero-order valence-corrected chi connectivity index (χ0v) is 13.1. The van der Waals surface area contributed by atoms with Gasteiger partial charge in [0.1, 0.15) is 5.58 Å². The van der Waals surface area contributed by atoms with Crippen LogP contribution in [0.5, 0.6) is 0 Å². The number of ketones is 1. The quantitative estimate of drug-likeness (QED) is 0.693. The molecule has 0 atom stereocenters. The molecule has 116 valence electrons. The number of rotatable bonds is 4. The first-order valence-electron chi connectivity index (χ1n) is 7.38. The van der Waals surface area contributed by atoms with Crippen LogP contribution in [-0.2, 0) is 0 Å². The highest BCUT2D eigenvalue weighted by molar-refractivity contribution is 5.99. The third kappa shape index (κ3) is 3.16. The number of anilines is 1. The van der Waals surface area contributed by atoms with Gasteiger partial charge < -0.3 is 9.32 Å². The Morgan fingerprint density at radius 1 is 1.09 bits per heavy atom. The SMILES string of the molecule is Cc1ccc2oc(N(C)CC(=O)c3ccccc3)cc(=O)c2c1. The molecule has 0 aliphatic heterocycles. The van der Waals surface area contributed by atoms with E-state index in [-0.39, 0.29) is 17.8 Å². The Bertz CT molecular complexity index is 913. The average molecular weight is 307 g/mol. The van der Waals surface area contributed by atoms with Crippen molar-refractivity contribution in [1.29, 1.82) is 0 Å². The number of carbonyl (C=O) groups excluding carboxylic acids is 1. The smallest absolute Gasteiger partial charge is 0.200 e. The summed E-state index contributed by atoms with van der Waals surface area (Å²) < 4.78 is 5.77. The van der Waals surface area contributed by atoms with Gasteiger partial charge in [0.15, 0.2) is 17.1 Å². The molecule has 1 aromatic heterocycles. The van der Waals surface area contributed by atoms with Crippen LogP contribution < -0.4 is 10.3 Å². The lowest BCUT2D eigenvalue weighted by Gasteiger charge is -2.17. The third-order valence-corrected chi connectivity index (χ3v) is 3.72. The van der Waals surface area contributed by atoms with Crippen molar-refractivity contribution in [1.82, 2.24) is 0 Å². The summed E-state index contributed by atoms with van der Waals surface area (Å²) in [5.41, 5.74) is 2.06. The number of benzene rings is 2. The molecule has 0 aliphatic carbocycles. The van der Waals surface area contributed by atoms with Crippen LogP contribution in [0.1, 0.15) is 15.9 Å². The van der Waals surface area contributed by atoms with Gasteiger partial charge in [0.25, 0.3) is 0 Å². The molecule has 4 heteroatoms. The average Bonchev–Trinajstić information content (AvgIpc) is 2.56. The van der Waals surface area contributed by atoms with E-state index in [1.165, 1.54) is 6.07 Å². The topological polar surface area (TPSA) is 50.5 Å². The zero-order valence-electron chi connectivity index (χ0n) is 13.1. The molecule has 0 saturated heterocycles. The van der Waals surface area contributed by atoms with Crippen molar-refractivity contribution < 1.29 is 9.21 Å². The van der Waals surface area contributed by atoms with Crippen molar-refractivity contribution >= 4 is 22.6 Å². The minimum absolute atomic E-state index is 0.0280. The van der Waals surface area contributed by atoms with Gasteiger partial charge in [0.2, 0.25) is 0 Å². The van der Waals surface area contributed by atoms with Gasteiger partial charge in [0.05, 0.1) is 11.9 Å². The Hall–Kier alpha value is -2.88. The highest BCUT2D eigenvalue weighted by Gasteiger charge is 2.13. The van der Waals surface area contributed by atoms with E-state index in [0.717, 1.165) is 5.56 Å². The molecule has 0 N–H and O–H groups in total. The summed E-state index contributed by atoms with van der Waals surface area (Å²) in [5.74, 6) is 0.357. The number of nitrogens with zero attached hydrogens (tertiary/aromatic N) is 1. The fourth-order valence-corrected chi connectivity index (χ4v) is 2.45. The summed E-state index contributed by atoms with van der Waals surface area (Å²) in [6.07, 6.45) is 0. The second kappa shape index (κ2) is 6.08.